The summed E-state index contributed by atoms with van der Waals surface area (Å²) in [7, 11) is 1.74. The fourth-order valence-electron chi connectivity index (χ4n) is 2.37. The molecule has 2 nitrogen and oxygen atoms in total. The maximum absolute atomic E-state index is 5.35. The summed E-state index contributed by atoms with van der Waals surface area (Å²) in [5, 5.41) is 3.58. The smallest absolute Gasteiger partial charge is 0.122 e. The predicted molar refractivity (Wildman–Crippen MR) is 67.1 cm³/mol. The number of benzene rings is 1. The van der Waals surface area contributed by atoms with Gasteiger partial charge in [0.25, 0.3) is 0 Å². The third-order valence-electron chi connectivity index (χ3n) is 3.37. The summed E-state index contributed by atoms with van der Waals surface area (Å²) in [5.74, 6) is 1.01. The summed E-state index contributed by atoms with van der Waals surface area (Å²) in [6.07, 6.45) is 5.11. The van der Waals surface area contributed by atoms with Crippen LogP contribution in [0.1, 0.15) is 30.4 Å². The van der Waals surface area contributed by atoms with Gasteiger partial charge in [0, 0.05) is 6.04 Å². The molecule has 1 aliphatic rings. The number of piperidine rings is 1. The first-order valence-electron chi connectivity index (χ1n) is 6.16. The van der Waals surface area contributed by atoms with E-state index in [1.54, 1.807) is 7.11 Å². The van der Waals surface area contributed by atoms with Crippen molar-refractivity contribution in [2.45, 2.75) is 38.6 Å². The lowest BCUT2D eigenvalue weighted by Crippen LogP contribution is -2.35. The Labute approximate surface area is 98.0 Å². The van der Waals surface area contributed by atoms with Crippen LogP contribution in [0.4, 0.5) is 0 Å². The van der Waals surface area contributed by atoms with Crippen LogP contribution < -0.4 is 10.1 Å². The molecule has 0 radical (unpaired) electrons. The maximum Gasteiger partial charge on any atom is 0.122 e. The minimum absolute atomic E-state index is 0.654. The third kappa shape index (κ3) is 2.76. The first-order valence-corrected chi connectivity index (χ1v) is 6.16. The van der Waals surface area contributed by atoms with Crippen molar-refractivity contribution in [1.29, 1.82) is 0 Å². The Morgan fingerprint density at radius 3 is 2.94 bits per heavy atom. The lowest BCUT2D eigenvalue weighted by atomic mass is 9.97. The van der Waals surface area contributed by atoms with Crippen LogP contribution in [0.5, 0.6) is 5.75 Å². The molecule has 0 aliphatic carbocycles. The van der Waals surface area contributed by atoms with Crippen molar-refractivity contribution >= 4 is 0 Å². The van der Waals surface area contributed by atoms with Gasteiger partial charge in [0.05, 0.1) is 7.11 Å². The van der Waals surface area contributed by atoms with Crippen LogP contribution in [-0.4, -0.2) is 19.7 Å². The SMILES string of the molecule is COc1cc(CC2CCCCN2)ccc1C. The van der Waals surface area contributed by atoms with E-state index in [4.69, 9.17) is 4.74 Å². The van der Waals surface area contributed by atoms with Gasteiger partial charge in [-0.2, -0.15) is 0 Å². The average molecular weight is 219 g/mol. The van der Waals surface area contributed by atoms with E-state index >= 15 is 0 Å². The molecule has 0 spiro atoms. The first kappa shape index (κ1) is 11.5. The van der Waals surface area contributed by atoms with Crippen molar-refractivity contribution in [3.05, 3.63) is 29.3 Å². The van der Waals surface area contributed by atoms with Crippen molar-refractivity contribution in [1.82, 2.24) is 5.32 Å². The fourth-order valence-corrected chi connectivity index (χ4v) is 2.37. The van der Waals surface area contributed by atoms with Gasteiger partial charge in [-0.1, -0.05) is 18.6 Å². The van der Waals surface area contributed by atoms with Gasteiger partial charge < -0.3 is 10.1 Å². The molecule has 1 fully saturated rings. The Balaban J connectivity index is 2.03. The highest BCUT2D eigenvalue weighted by molar-refractivity contribution is 5.36. The number of ether oxygens (including phenoxy) is 1. The molecule has 1 heterocycles. The molecule has 16 heavy (non-hydrogen) atoms. The summed E-state index contributed by atoms with van der Waals surface area (Å²) in [6.45, 7) is 3.26. The van der Waals surface area contributed by atoms with E-state index in [1.807, 2.05) is 0 Å². The predicted octanol–water partition coefficient (Wildman–Crippen LogP) is 2.69. The zero-order valence-electron chi connectivity index (χ0n) is 10.3. The number of methoxy groups -OCH3 is 1. The Bertz CT molecular complexity index is 343. The van der Waals surface area contributed by atoms with Crippen LogP contribution >= 0.6 is 0 Å². The van der Waals surface area contributed by atoms with E-state index in [0.717, 1.165) is 12.2 Å². The van der Waals surface area contributed by atoms with Crippen molar-refractivity contribution in [2.75, 3.05) is 13.7 Å². The molecule has 88 valence electrons. The molecule has 1 unspecified atom stereocenters. The molecule has 2 heteroatoms. The average Bonchev–Trinajstić information content (AvgIpc) is 2.33. The van der Waals surface area contributed by atoms with E-state index in [1.165, 1.54) is 36.9 Å². The quantitative estimate of drug-likeness (QED) is 0.844. The van der Waals surface area contributed by atoms with E-state index < -0.39 is 0 Å². The van der Waals surface area contributed by atoms with Gasteiger partial charge in [-0.25, -0.2) is 0 Å². The standard InChI is InChI=1S/C14H21NO/c1-11-6-7-12(10-14(11)16-2)9-13-5-3-4-8-15-13/h6-7,10,13,15H,3-5,8-9H2,1-2H3. The molecule has 0 amide bonds. The summed E-state index contributed by atoms with van der Waals surface area (Å²) < 4.78 is 5.35. The minimum atomic E-state index is 0.654. The number of nitrogens with one attached hydrogen (secondary N) is 1. The molecule has 1 aromatic rings. The largest absolute Gasteiger partial charge is 0.496 e. The van der Waals surface area contributed by atoms with Gasteiger partial charge in [-0.3, -0.25) is 0 Å². The molecule has 1 N–H and O–H groups in total. The molecule has 1 aromatic carbocycles. The molecule has 1 aliphatic heterocycles. The molecule has 0 saturated carbocycles. The van der Waals surface area contributed by atoms with Crippen LogP contribution in [0.3, 0.4) is 0 Å². The van der Waals surface area contributed by atoms with E-state index in [9.17, 15) is 0 Å². The second-order valence-electron chi connectivity index (χ2n) is 4.65. The molecule has 0 bridgehead atoms. The van der Waals surface area contributed by atoms with Crippen LogP contribution in [-0.2, 0) is 6.42 Å². The van der Waals surface area contributed by atoms with Gasteiger partial charge >= 0.3 is 0 Å². The normalized spacial score (nSPS) is 20.8. The summed E-state index contributed by atoms with van der Waals surface area (Å²) in [6, 6.07) is 7.19. The third-order valence-corrected chi connectivity index (χ3v) is 3.37. The zero-order valence-corrected chi connectivity index (χ0v) is 10.3. The lowest BCUT2D eigenvalue weighted by Gasteiger charge is -2.23. The number of rotatable bonds is 3. The monoisotopic (exact) mass is 219 g/mol. The molecule has 0 aromatic heterocycles. The second-order valence-corrected chi connectivity index (χ2v) is 4.65. The highest BCUT2D eigenvalue weighted by atomic mass is 16.5. The van der Waals surface area contributed by atoms with Gasteiger partial charge in [0.15, 0.2) is 0 Å². The molecule has 1 saturated heterocycles. The zero-order chi connectivity index (χ0) is 11.4. The lowest BCUT2D eigenvalue weighted by molar-refractivity contribution is 0.395. The van der Waals surface area contributed by atoms with Crippen molar-refractivity contribution in [2.24, 2.45) is 0 Å². The number of hydrogen-bond acceptors (Lipinski definition) is 2. The highest BCUT2D eigenvalue weighted by Gasteiger charge is 2.13. The van der Waals surface area contributed by atoms with Crippen molar-refractivity contribution < 1.29 is 4.74 Å². The van der Waals surface area contributed by atoms with Crippen molar-refractivity contribution in [3.63, 3.8) is 0 Å². The Kier molecular flexibility index (Phi) is 3.83. The maximum atomic E-state index is 5.35. The Morgan fingerprint density at radius 2 is 2.25 bits per heavy atom. The highest BCUT2D eigenvalue weighted by Crippen LogP contribution is 2.21. The van der Waals surface area contributed by atoms with Gasteiger partial charge in [0.2, 0.25) is 0 Å². The first-order chi connectivity index (χ1) is 7.79. The van der Waals surface area contributed by atoms with Crippen LogP contribution in [0.25, 0.3) is 0 Å². The van der Waals surface area contributed by atoms with Crippen LogP contribution in [0.15, 0.2) is 18.2 Å². The summed E-state index contributed by atoms with van der Waals surface area (Å²) in [4.78, 5) is 0. The minimum Gasteiger partial charge on any atom is -0.496 e. The molecule has 1 atom stereocenters. The van der Waals surface area contributed by atoms with Gasteiger partial charge in [0.1, 0.15) is 5.75 Å². The van der Waals surface area contributed by atoms with Crippen LogP contribution in [0.2, 0.25) is 0 Å². The van der Waals surface area contributed by atoms with E-state index in [0.29, 0.717) is 6.04 Å². The van der Waals surface area contributed by atoms with E-state index in [-0.39, 0.29) is 0 Å². The summed E-state index contributed by atoms with van der Waals surface area (Å²) in [5.41, 5.74) is 2.59. The Hall–Kier alpha value is -1.02. The molecular formula is C14H21NO. The Morgan fingerprint density at radius 1 is 1.38 bits per heavy atom. The number of hydrogen-bond donors (Lipinski definition) is 1. The van der Waals surface area contributed by atoms with E-state index in [2.05, 4.69) is 30.4 Å². The second kappa shape index (κ2) is 5.35. The van der Waals surface area contributed by atoms with Crippen LogP contribution in [0, 0.1) is 6.92 Å². The van der Waals surface area contributed by atoms with Gasteiger partial charge in [-0.15, -0.1) is 0 Å². The fraction of sp³-hybridized carbons (Fsp3) is 0.571. The summed E-state index contributed by atoms with van der Waals surface area (Å²) >= 11 is 0. The van der Waals surface area contributed by atoms with Gasteiger partial charge in [-0.05, 0) is 49.9 Å². The molecular weight excluding hydrogens is 198 g/mol. The topological polar surface area (TPSA) is 21.3 Å². The van der Waals surface area contributed by atoms with Crippen molar-refractivity contribution in [3.8, 4) is 5.75 Å². The number of aryl methyl sites for hydroxylation is 1. The molecule has 2 rings (SSSR count).